The lowest BCUT2D eigenvalue weighted by Crippen LogP contribution is -2.02. The number of thioether (sulfide) groups is 1. The lowest BCUT2D eigenvalue weighted by molar-refractivity contribution is 0.987. The van der Waals surface area contributed by atoms with Gasteiger partial charge in [-0.3, -0.25) is 0 Å². The molecule has 1 nitrogen and oxygen atoms in total. The van der Waals surface area contributed by atoms with E-state index in [2.05, 4.69) is 49.4 Å². The van der Waals surface area contributed by atoms with Crippen LogP contribution in [0.1, 0.15) is 27.7 Å². The van der Waals surface area contributed by atoms with Crippen LogP contribution in [0, 0.1) is 0 Å². The van der Waals surface area contributed by atoms with E-state index in [0.29, 0.717) is 0 Å². The molecule has 0 aromatic rings. The van der Waals surface area contributed by atoms with Gasteiger partial charge in [-0.2, -0.15) is 0 Å². The summed E-state index contributed by atoms with van der Waals surface area (Å²) in [6, 6.07) is 0. The normalized spacial score (nSPS) is 14.0. The minimum Gasteiger partial charge on any atom is -0.392 e. The quantitative estimate of drug-likeness (QED) is 0.560. The average molecular weight is 301 g/mol. The molecule has 2 heteroatoms. The van der Waals surface area contributed by atoms with Crippen molar-refractivity contribution in [1.82, 2.24) is 5.32 Å². The molecule has 0 amide bonds. The average Bonchev–Trinajstić information content (AvgIpc) is 2.44. The highest BCUT2D eigenvalue weighted by molar-refractivity contribution is 8.06. The van der Waals surface area contributed by atoms with E-state index >= 15 is 0 Å². The zero-order chi connectivity index (χ0) is 16.4. The molecule has 0 fully saturated rings. The summed E-state index contributed by atoms with van der Waals surface area (Å²) in [4.78, 5) is 2.03. The number of rotatable bonds is 8. The molecule has 0 aliphatic heterocycles. The molecular formula is C19H27NS. The Balaban J connectivity index is 5.74. The summed E-state index contributed by atoms with van der Waals surface area (Å²) in [5.41, 5.74) is 4.39. The largest absolute Gasteiger partial charge is 0.392 e. The Hall–Kier alpha value is -1.67. The minimum absolute atomic E-state index is 0.998. The van der Waals surface area contributed by atoms with Crippen LogP contribution >= 0.6 is 11.8 Å². The third-order valence-electron chi connectivity index (χ3n) is 2.87. The van der Waals surface area contributed by atoms with Crippen LogP contribution in [-0.2, 0) is 0 Å². The monoisotopic (exact) mass is 301 g/mol. The number of hydrogen-bond donors (Lipinski definition) is 1. The van der Waals surface area contributed by atoms with Gasteiger partial charge in [-0.15, -0.1) is 0 Å². The van der Waals surface area contributed by atoms with Crippen LogP contribution in [0.5, 0.6) is 0 Å². The molecule has 0 spiro atoms. The first-order valence-corrected chi connectivity index (χ1v) is 7.77. The van der Waals surface area contributed by atoms with Crippen molar-refractivity contribution in [2.45, 2.75) is 27.7 Å². The lowest BCUT2D eigenvalue weighted by atomic mass is 10.0. The van der Waals surface area contributed by atoms with E-state index in [1.807, 2.05) is 40.8 Å². The van der Waals surface area contributed by atoms with E-state index in [9.17, 15) is 0 Å². The highest BCUT2D eigenvalue weighted by atomic mass is 32.2. The summed E-state index contributed by atoms with van der Waals surface area (Å²) < 4.78 is 0. The van der Waals surface area contributed by atoms with Crippen molar-refractivity contribution in [3.63, 3.8) is 0 Å². The fourth-order valence-corrected chi connectivity index (χ4v) is 2.39. The molecule has 0 unspecified atom stereocenters. The van der Waals surface area contributed by atoms with Crippen molar-refractivity contribution in [3.05, 3.63) is 82.3 Å². The molecule has 0 atom stereocenters. The van der Waals surface area contributed by atoms with Crippen LogP contribution in [0.4, 0.5) is 0 Å². The molecule has 0 aliphatic carbocycles. The maximum atomic E-state index is 4.14. The maximum absolute atomic E-state index is 4.14. The van der Waals surface area contributed by atoms with Gasteiger partial charge in [-0.05, 0) is 61.5 Å². The smallest absolute Gasteiger partial charge is 0.0116 e. The van der Waals surface area contributed by atoms with E-state index in [0.717, 1.165) is 32.2 Å². The molecule has 0 bridgehead atoms. The van der Waals surface area contributed by atoms with Gasteiger partial charge in [0.15, 0.2) is 0 Å². The van der Waals surface area contributed by atoms with Gasteiger partial charge in [0, 0.05) is 17.6 Å². The van der Waals surface area contributed by atoms with Crippen molar-refractivity contribution in [3.8, 4) is 0 Å². The van der Waals surface area contributed by atoms with Gasteiger partial charge in [0.05, 0.1) is 0 Å². The fraction of sp³-hybridized carbons (Fsp3) is 0.263. The molecule has 0 saturated carbocycles. The van der Waals surface area contributed by atoms with Crippen LogP contribution in [0.2, 0.25) is 0 Å². The Bertz CT molecular complexity index is 528. The van der Waals surface area contributed by atoms with Crippen molar-refractivity contribution >= 4 is 11.8 Å². The molecule has 1 N–H and O–H groups in total. The topological polar surface area (TPSA) is 12.0 Å². The predicted molar refractivity (Wildman–Crippen MR) is 100 cm³/mol. The molecule has 0 aromatic heterocycles. The molecule has 0 rings (SSSR count). The summed E-state index contributed by atoms with van der Waals surface area (Å²) in [7, 11) is 1.92. The Morgan fingerprint density at radius 3 is 1.90 bits per heavy atom. The molecule has 114 valence electrons. The molecule has 0 saturated heterocycles. The fourth-order valence-electron chi connectivity index (χ4n) is 1.68. The van der Waals surface area contributed by atoms with Crippen LogP contribution in [0.3, 0.4) is 0 Å². The third-order valence-corrected chi connectivity index (χ3v) is 3.70. The van der Waals surface area contributed by atoms with Gasteiger partial charge in [0.2, 0.25) is 0 Å². The number of hydrogen-bond acceptors (Lipinski definition) is 2. The molecule has 0 heterocycles. The van der Waals surface area contributed by atoms with Gasteiger partial charge in [0.1, 0.15) is 0 Å². The second-order valence-electron chi connectivity index (χ2n) is 4.60. The Morgan fingerprint density at radius 1 is 0.952 bits per heavy atom. The van der Waals surface area contributed by atoms with Gasteiger partial charge in [-0.25, -0.2) is 0 Å². The van der Waals surface area contributed by atoms with Gasteiger partial charge >= 0.3 is 0 Å². The molecule has 0 aromatic carbocycles. The van der Waals surface area contributed by atoms with E-state index < -0.39 is 0 Å². The summed E-state index contributed by atoms with van der Waals surface area (Å²) in [5, 5.41) is 3.15. The van der Waals surface area contributed by atoms with Gasteiger partial charge in [0.25, 0.3) is 0 Å². The molecular weight excluding hydrogens is 274 g/mol. The van der Waals surface area contributed by atoms with E-state index in [4.69, 9.17) is 0 Å². The van der Waals surface area contributed by atoms with E-state index in [1.54, 1.807) is 11.8 Å². The highest BCUT2D eigenvalue weighted by Crippen LogP contribution is 2.30. The van der Waals surface area contributed by atoms with Crippen molar-refractivity contribution in [1.29, 1.82) is 0 Å². The van der Waals surface area contributed by atoms with Crippen LogP contribution in [0.25, 0.3) is 0 Å². The Labute approximate surface area is 134 Å². The third kappa shape index (κ3) is 7.05. The summed E-state index contributed by atoms with van der Waals surface area (Å²) in [6.07, 6.45) is 10.2. The van der Waals surface area contributed by atoms with Crippen molar-refractivity contribution in [2.75, 3.05) is 7.05 Å². The SMILES string of the molecule is C=CC(=C/C)/C(=C\C(=C/C)C(=C)SC(=C)C)/C=C(\C)NC. The van der Waals surface area contributed by atoms with Gasteiger partial charge < -0.3 is 5.32 Å². The van der Waals surface area contributed by atoms with E-state index in [1.165, 1.54) is 0 Å². The molecule has 21 heavy (non-hydrogen) atoms. The zero-order valence-corrected chi connectivity index (χ0v) is 14.7. The lowest BCUT2D eigenvalue weighted by Gasteiger charge is -2.10. The predicted octanol–water partition coefficient (Wildman–Crippen LogP) is 5.90. The summed E-state index contributed by atoms with van der Waals surface area (Å²) >= 11 is 1.60. The highest BCUT2D eigenvalue weighted by Gasteiger charge is 2.05. The van der Waals surface area contributed by atoms with Gasteiger partial charge in [-0.1, -0.05) is 49.7 Å². The van der Waals surface area contributed by atoms with E-state index in [-0.39, 0.29) is 0 Å². The number of nitrogens with one attached hydrogen (secondary N) is 1. The van der Waals surface area contributed by atoms with Crippen LogP contribution in [0.15, 0.2) is 82.3 Å². The Kier molecular flexibility index (Phi) is 9.31. The molecule has 0 aliphatic rings. The second kappa shape index (κ2) is 10.1. The van der Waals surface area contributed by atoms with Crippen molar-refractivity contribution in [2.24, 2.45) is 0 Å². The van der Waals surface area contributed by atoms with Crippen molar-refractivity contribution < 1.29 is 0 Å². The first-order valence-electron chi connectivity index (χ1n) is 6.95. The first-order chi connectivity index (χ1) is 9.89. The summed E-state index contributed by atoms with van der Waals surface area (Å²) in [6.45, 7) is 20.0. The zero-order valence-electron chi connectivity index (χ0n) is 13.9. The molecule has 0 radical (unpaired) electrons. The Morgan fingerprint density at radius 2 is 1.52 bits per heavy atom. The number of allylic oxidation sites excluding steroid dienone is 10. The van der Waals surface area contributed by atoms with Crippen LogP contribution < -0.4 is 5.32 Å². The summed E-state index contributed by atoms with van der Waals surface area (Å²) in [5.74, 6) is 0. The maximum Gasteiger partial charge on any atom is 0.0116 e. The second-order valence-corrected chi connectivity index (χ2v) is 5.99. The standard InChI is InChI=1S/C19H27NS/c1-9-17(10-2)19(12-15(6)20-8)13-18(11-3)16(7)21-14(4)5/h9-13,20H,1,4,7H2,2-3,5-6,8H3/b15-12+,17-10-,18-11+,19-13-. The van der Waals surface area contributed by atoms with Crippen LogP contribution in [-0.4, -0.2) is 7.05 Å². The minimum atomic E-state index is 0.998. The first kappa shape index (κ1) is 19.3.